The zero-order chi connectivity index (χ0) is 12.8. The van der Waals surface area contributed by atoms with Gasteiger partial charge in [0.1, 0.15) is 5.88 Å². The summed E-state index contributed by atoms with van der Waals surface area (Å²) >= 11 is 5.29. The number of anilines is 1. The Morgan fingerprint density at radius 2 is 1.88 bits per heavy atom. The average Bonchev–Trinajstić information content (AvgIpc) is 2.31. The van der Waals surface area contributed by atoms with Gasteiger partial charge in [0.2, 0.25) is 11.8 Å². The van der Waals surface area contributed by atoms with E-state index in [1.807, 2.05) is 32.0 Å². The van der Waals surface area contributed by atoms with E-state index in [2.05, 4.69) is 10.6 Å². The maximum absolute atomic E-state index is 11.5. The molecule has 1 aromatic carbocycles. The molecule has 0 heterocycles. The summed E-state index contributed by atoms with van der Waals surface area (Å²) in [6.07, 6.45) is 0. The number of rotatable bonds is 4. The second-order valence-electron chi connectivity index (χ2n) is 3.76. The molecule has 0 aliphatic carbocycles. The van der Waals surface area contributed by atoms with E-state index in [1.165, 1.54) is 5.56 Å². The van der Waals surface area contributed by atoms with Crippen molar-refractivity contribution in [3.8, 4) is 0 Å². The topological polar surface area (TPSA) is 58.2 Å². The van der Waals surface area contributed by atoms with Gasteiger partial charge in [-0.2, -0.15) is 0 Å². The first-order chi connectivity index (χ1) is 8.02. The number of halogens is 1. The standard InChI is InChI=1S/C12H15ClN2O2/c1-8-3-4-10(5-9(8)2)15-12(17)7-14-11(16)6-13/h3-5H,6-7H2,1-2H3,(H,14,16)(H,15,17). The van der Waals surface area contributed by atoms with Gasteiger partial charge in [-0.15, -0.1) is 11.6 Å². The summed E-state index contributed by atoms with van der Waals surface area (Å²) in [6.45, 7) is 3.90. The first kappa shape index (κ1) is 13.5. The third-order valence-corrected chi connectivity index (χ3v) is 2.60. The van der Waals surface area contributed by atoms with Crippen molar-refractivity contribution in [1.29, 1.82) is 0 Å². The molecular weight excluding hydrogens is 240 g/mol. The van der Waals surface area contributed by atoms with E-state index < -0.39 is 0 Å². The molecule has 1 aromatic rings. The van der Waals surface area contributed by atoms with Gasteiger partial charge in [-0.05, 0) is 37.1 Å². The highest BCUT2D eigenvalue weighted by molar-refractivity contribution is 6.27. The average molecular weight is 255 g/mol. The lowest BCUT2D eigenvalue weighted by molar-refractivity contribution is -0.122. The number of carbonyl (C=O) groups is 2. The SMILES string of the molecule is Cc1ccc(NC(=O)CNC(=O)CCl)cc1C. The Kier molecular flexibility index (Phi) is 4.97. The van der Waals surface area contributed by atoms with Crippen LogP contribution in [0.5, 0.6) is 0 Å². The fraction of sp³-hybridized carbons (Fsp3) is 0.333. The molecule has 1 rings (SSSR count). The van der Waals surface area contributed by atoms with E-state index in [0.717, 1.165) is 11.3 Å². The van der Waals surface area contributed by atoms with E-state index in [4.69, 9.17) is 11.6 Å². The van der Waals surface area contributed by atoms with E-state index in [-0.39, 0.29) is 24.2 Å². The maximum atomic E-state index is 11.5. The molecule has 0 aliphatic heterocycles. The molecule has 0 aromatic heterocycles. The molecule has 0 bridgehead atoms. The quantitative estimate of drug-likeness (QED) is 0.802. The first-order valence-corrected chi connectivity index (χ1v) is 5.76. The Hall–Kier alpha value is -1.55. The fourth-order valence-electron chi connectivity index (χ4n) is 1.25. The lowest BCUT2D eigenvalue weighted by atomic mass is 10.1. The van der Waals surface area contributed by atoms with Crippen molar-refractivity contribution in [2.24, 2.45) is 0 Å². The zero-order valence-electron chi connectivity index (χ0n) is 9.84. The van der Waals surface area contributed by atoms with E-state index in [1.54, 1.807) is 0 Å². The summed E-state index contributed by atoms with van der Waals surface area (Å²) in [7, 11) is 0. The summed E-state index contributed by atoms with van der Waals surface area (Å²) in [4.78, 5) is 22.3. The number of hydrogen-bond acceptors (Lipinski definition) is 2. The fourth-order valence-corrected chi connectivity index (χ4v) is 1.34. The normalized spacial score (nSPS) is 9.82. The van der Waals surface area contributed by atoms with Gasteiger partial charge in [0.15, 0.2) is 0 Å². The molecule has 0 unspecified atom stereocenters. The van der Waals surface area contributed by atoms with Gasteiger partial charge in [-0.1, -0.05) is 6.07 Å². The molecule has 0 radical (unpaired) electrons. The van der Waals surface area contributed by atoms with E-state index in [9.17, 15) is 9.59 Å². The van der Waals surface area contributed by atoms with Gasteiger partial charge in [0.05, 0.1) is 6.54 Å². The minimum absolute atomic E-state index is 0.0710. The van der Waals surface area contributed by atoms with Crippen LogP contribution in [0.15, 0.2) is 18.2 Å². The van der Waals surface area contributed by atoms with Crippen molar-refractivity contribution in [3.05, 3.63) is 29.3 Å². The summed E-state index contributed by atoms with van der Waals surface area (Å²) in [5.74, 6) is -0.773. The van der Waals surface area contributed by atoms with E-state index in [0.29, 0.717) is 0 Å². The third kappa shape index (κ3) is 4.44. The second-order valence-corrected chi connectivity index (χ2v) is 4.02. The van der Waals surface area contributed by atoms with Crippen LogP contribution in [0, 0.1) is 13.8 Å². The van der Waals surface area contributed by atoms with Gasteiger partial charge < -0.3 is 10.6 Å². The Bertz CT molecular complexity index is 433. The molecule has 0 aliphatic rings. The highest BCUT2D eigenvalue weighted by Gasteiger charge is 2.05. The van der Waals surface area contributed by atoms with Crippen molar-refractivity contribution >= 4 is 29.1 Å². The van der Waals surface area contributed by atoms with Crippen LogP contribution in [0.4, 0.5) is 5.69 Å². The molecular formula is C12H15ClN2O2. The summed E-state index contributed by atoms with van der Waals surface area (Å²) in [5.41, 5.74) is 2.99. The first-order valence-electron chi connectivity index (χ1n) is 5.22. The van der Waals surface area contributed by atoms with Crippen molar-refractivity contribution < 1.29 is 9.59 Å². The minimum Gasteiger partial charge on any atom is -0.346 e. The highest BCUT2D eigenvalue weighted by Crippen LogP contribution is 2.13. The monoisotopic (exact) mass is 254 g/mol. The molecule has 2 N–H and O–H groups in total. The van der Waals surface area contributed by atoms with Crippen LogP contribution < -0.4 is 10.6 Å². The Labute approximate surface area is 105 Å². The minimum atomic E-state index is -0.359. The highest BCUT2D eigenvalue weighted by atomic mass is 35.5. The molecule has 0 atom stereocenters. The maximum Gasteiger partial charge on any atom is 0.243 e. The second kappa shape index (κ2) is 6.25. The number of aryl methyl sites for hydroxylation is 2. The van der Waals surface area contributed by atoms with Gasteiger partial charge in [-0.3, -0.25) is 9.59 Å². The molecule has 0 fully saturated rings. The molecule has 2 amide bonds. The van der Waals surface area contributed by atoms with Crippen LogP contribution in [0.2, 0.25) is 0 Å². The Balaban J connectivity index is 2.50. The summed E-state index contributed by atoms with van der Waals surface area (Å²) in [6, 6.07) is 5.64. The molecule has 4 nitrogen and oxygen atoms in total. The van der Waals surface area contributed by atoms with Crippen LogP contribution in [0.25, 0.3) is 0 Å². The Morgan fingerprint density at radius 1 is 1.18 bits per heavy atom. The summed E-state index contributed by atoms with van der Waals surface area (Å²) in [5, 5.41) is 5.09. The van der Waals surface area contributed by atoms with Gasteiger partial charge in [-0.25, -0.2) is 0 Å². The van der Waals surface area contributed by atoms with Gasteiger partial charge >= 0.3 is 0 Å². The predicted molar refractivity (Wildman–Crippen MR) is 68.3 cm³/mol. The van der Waals surface area contributed by atoms with Crippen molar-refractivity contribution in [3.63, 3.8) is 0 Å². The summed E-state index contributed by atoms with van der Waals surface area (Å²) < 4.78 is 0. The molecule has 0 saturated heterocycles. The van der Waals surface area contributed by atoms with Crippen LogP contribution in [0.3, 0.4) is 0 Å². The van der Waals surface area contributed by atoms with Crippen LogP contribution in [-0.2, 0) is 9.59 Å². The van der Waals surface area contributed by atoms with Crippen LogP contribution >= 0.6 is 11.6 Å². The number of alkyl halides is 1. The zero-order valence-corrected chi connectivity index (χ0v) is 10.6. The van der Waals surface area contributed by atoms with Gasteiger partial charge in [0, 0.05) is 5.69 Å². The van der Waals surface area contributed by atoms with Crippen molar-refractivity contribution in [1.82, 2.24) is 5.32 Å². The third-order valence-electron chi connectivity index (χ3n) is 2.36. The Morgan fingerprint density at radius 3 is 2.47 bits per heavy atom. The number of nitrogens with one attached hydrogen (secondary N) is 2. The lowest BCUT2D eigenvalue weighted by Gasteiger charge is -2.08. The van der Waals surface area contributed by atoms with Crippen LogP contribution in [0.1, 0.15) is 11.1 Å². The lowest BCUT2D eigenvalue weighted by Crippen LogP contribution is -2.33. The van der Waals surface area contributed by atoms with E-state index >= 15 is 0 Å². The smallest absolute Gasteiger partial charge is 0.243 e. The predicted octanol–water partition coefficient (Wildman–Crippen LogP) is 1.60. The molecule has 0 spiro atoms. The number of hydrogen-bond donors (Lipinski definition) is 2. The van der Waals surface area contributed by atoms with Gasteiger partial charge in [0.25, 0.3) is 0 Å². The largest absolute Gasteiger partial charge is 0.346 e. The van der Waals surface area contributed by atoms with Crippen molar-refractivity contribution in [2.45, 2.75) is 13.8 Å². The number of benzene rings is 1. The molecule has 17 heavy (non-hydrogen) atoms. The molecule has 5 heteroatoms. The van der Waals surface area contributed by atoms with Crippen LogP contribution in [-0.4, -0.2) is 24.2 Å². The molecule has 92 valence electrons. The number of amides is 2. The number of carbonyl (C=O) groups excluding carboxylic acids is 2. The molecule has 0 saturated carbocycles. The van der Waals surface area contributed by atoms with Crippen molar-refractivity contribution in [2.75, 3.05) is 17.7 Å².